The Bertz CT molecular complexity index is 815. The van der Waals surface area contributed by atoms with E-state index in [9.17, 15) is 9.59 Å². The van der Waals surface area contributed by atoms with E-state index >= 15 is 0 Å². The molecule has 0 bridgehead atoms. The summed E-state index contributed by atoms with van der Waals surface area (Å²) in [5.41, 5.74) is 0.503. The van der Waals surface area contributed by atoms with Gasteiger partial charge in [-0.2, -0.15) is 4.98 Å². The van der Waals surface area contributed by atoms with Crippen LogP contribution in [0, 0.1) is 0 Å². The van der Waals surface area contributed by atoms with Gasteiger partial charge in [0, 0.05) is 30.8 Å². The van der Waals surface area contributed by atoms with Crippen LogP contribution in [0.25, 0.3) is 10.7 Å². The first-order valence-electron chi connectivity index (χ1n) is 7.29. The van der Waals surface area contributed by atoms with Crippen molar-refractivity contribution in [1.29, 1.82) is 0 Å². The molecule has 0 radical (unpaired) electrons. The van der Waals surface area contributed by atoms with E-state index in [0.29, 0.717) is 17.3 Å². The van der Waals surface area contributed by atoms with Crippen molar-refractivity contribution in [1.82, 2.24) is 20.4 Å². The standard InChI is InChI=1S/C16H14N4O3S/c21-12(11-3-1-7-17-9-11)5-6-14(22)18-10-15-19-16(20-23-15)13-4-2-8-24-13/h1-4,7-9H,5-6,10H2,(H,18,22). The first-order chi connectivity index (χ1) is 11.7. The van der Waals surface area contributed by atoms with Crippen molar-refractivity contribution < 1.29 is 14.1 Å². The summed E-state index contributed by atoms with van der Waals surface area (Å²) >= 11 is 1.51. The number of nitrogens with one attached hydrogen (secondary N) is 1. The molecule has 8 heteroatoms. The third-order valence-electron chi connectivity index (χ3n) is 3.21. The van der Waals surface area contributed by atoms with Gasteiger partial charge in [0.15, 0.2) is 5.78 Å². The molecule has 3 heterocycles. The maximum Gasteiger partial charge on any atom is 0.246 e. The maximum absolute atomic E-state index is 11.9. The highest BCUT2D eigenvalue weighted by atomic mass is 32.1. The third kappa shape index (κ3) is 4.11. The van der Waals surface area contributed by atoms with Crippen LogP contribution in [0.15, 0.2) is 46.6 Å². The molecule has 0 aromatic carbocycles. The van der Waals surface area contributed by atoms with Gasteiger partial charge in [0.25, 0.3) is 0 Å². The molecular weight excluding hydrogens is 328 g/mol. The Morgan fingerprint density at radius 2 is 2.12 bits per heavy atom. The number of thiophene rings is 1. The molecule has 0 unspecified atom stereocenters. The van der Waals surface area contributed by atoms with Gasteiger partial charge in [-0.1, -0.05) is 11.2 Å². The van der Waals surface area contributed by atoms with E-state index in [1.807, 2.05) is 17.5 Å². The van der Waals surface area contributed by atoms with Gasteiger partial charge in [-0.05, 0) is 23.6 Å². The molecule has 0 aliphatic heterocycles. The topological polar surface area (TPSA) is 98.0 Å². The minimum atomic E-state index is -0.247. The summed E-state index contributed by atoms with van der Waals surface area (Å²) < 4.78 is 5.09. The highest BCUT2D eigenvalue weighted by Crippen LogP contribution is 2.21. The SMILES string of the molecule is O=C(CCC(=O)c1cccnc1)NCc1nc(-c2cccs2)no1. The first kappa shape index (κ1) is 16.0. The fraction of sp³-hybridized carbons (Fsp3) is 0.188. The van der Waals surface area contributed by atoms with E-state index in [2.05, 4.69) is 20.4 Å². The normalized spacial score (nSPS) is 10.5. The number of Topliss-reactive ketones (excluding diaryl/α,β-unsaturated/α-hetero) is 1. The molecule has 0 saturated heterocycles. The number of pyridine rings is 1. The fourth-order valence-corrected chi connectivity index (χ4v) is 2.64. The van der Waals surface area contributed by atoms with Crippen LogP contribution in [-0.4, -0.2) is 26.8 Å². The van der Waals surface area contributed by atoms with Gasteiger partial charge in [-0.15, -0.1) is 11.3 Å². The summed E-state index contributed by atoms with van der Waals surface area (Å²) in [7, 11) is 0. The summed E-state index contributed by atoms with van der Waals surface area (Å²) in [6.45, 7) is 0.137. The number of rotatable bonds is 7. The number of hydrogen-bond donors (Lipinski definition) is 1. The lowest BCUT2D eigenvalue weighted by molar-refractivity contribution is -0.121. The number of nitrogens with zero attached hydrogens (tertiary/aromatic N) is 3. The van der Waals surface area contributed by atoms with Gasteiger partial charge in [0.2, 0.25) is 17.6 Å². The summed E-state index contributed by atoms with van der Waals surface area (Å²) in [5, 5.41) is 8.45. The van der Waals surface area contributed by atoms with Crippen molar-refractivity contribution in [3.05, 3.63) is 53.5 Å². The van der Waals surface area contributed by atoms with Gasteiger partial charge in [-0.25, -0.2) is 0 Å². The smallest absolute Gasteiger partial charge is 0.246 e. The van der Waals surface area contributed by atoms with Crippen LogP contribution in [0.1, 0.15) is 29.1 Å². The molecule has 3 aromatic rings. The second-order valence-electron chi connectivity index (χ2n) is 4.93. The van der Waals surface area contributed by atoms with E-state index in [1.165, 1.54) is 17.5 Å². The predicted octanol–water partition coefficient (Wildman–Crippen LogP) is 2.47. The molecule has 122 valence electrons. The molecule has 24 heavy (non-hydrogen) atoms. The Balaban J connectivity index is 1.45. The highest BCUT2D eigenvalue weighted by molar-refractivity contribution is 7.13. The number of aromatic nitrogens is 3. The molecule has 3 rings (SSSR count). The van der Waals surface area contributed by atoms with Crippen molar-refractivity contribution >= 4 is 23.0 Å². The van der Waals surface area contributed by atoms with Crippen LogP contribution in [0.4, 0.5) is 0 Å². The van der Waals surface area contributed by atoms with Gasteiger partial charge in [0.1, 0.15) is 0 Å². The Labute approximate surface area is 141 Å². The molecule has 0 spiro atoms. The average molecular weight is 342 g/mol. The van der Waals surface area contributed by atoms with E-state index in [1.54, 1.807) is 18.3 Å². The lowest BCUT2D eigenvalue weighted by Gasteiger charge is -2.02. The molecule has 0 aliphatic carbocycles. The van der Waals surface area contributed by atoms with Crippen LogP contribution in [0.5, 0.6) is 0 Å². The zero-order chi connectivity index (χ0) is 16.8. The molecular formula is C16H14N4O3S. The Kier molecular flexibility index (Phi) is 5.07. The summed E-state index contributed by atoms with van der Waals surface area (Å²) in [6, 6.07) is 7.16. The van der Waals surface area contributed by atoms with E-state index in [0.717, 1.165) is 4.88 Å². The number of carbonyl (C=O) groups excluding carboxylic acids is 2. The van der Waals surface area contributed by atoms with E-state index in [-0.39, 0.29) is 31.1 Å². The van der Waals surface area contributed by atoms with Crippen LogP contribution in [0.2, 0.25) is 0 Å². The highest BCUT2D eigenvalue weighted by Gasteiger charge is 2.12. The van der Waals surface area contributed by atoms with Crippen LogP contribution in [0.3, 0.4) is 0 Å². The average Bonchev–Trinajstić information content (AvgIpc) is 3.29. The van der Waals surface area contributed by atoms with Gasteiger partial charge in [-0.3, -0.25) is 14.6 Å². The summed E-state index contributed by atoms with van der Waals surface area (Å²) in [5.74, 6) is 0.463. The fourth-order valence-electron chi connectivity index (χ4n) is 1.99. The lowest BCUT2D eigenvalue weighted by atomic mass is 10.1. The van der Waals surface area contributed by atoms with Gasteiger partial charge in [0.05, 0.1) is 11.4 Å². The molecule has 0 saturated carbocycles. The second-order valence-corrected chi connectivity index (χ2v) is 5.88. The molecule has 0 atom stereocenters. The van der Waals surface area contributed by atoms with Crippen molar-refractivity contribution in [3.8, 4) is 10.7 Å². The summed E-state index contributed by atoms with van der Waals surface area (Å²) in [4.78, 5) is 32.7. The van der Waals surface area contributed by atoms with E-state index in [4.69, 9.17) is 4.52 Å². The number of hydrogen-bond acceptors (Lipinski definition) is 7. The molecule has 1 amide bonds. The van der Waals surface area contributed by atoms with E-state index < -0.39 is 0 Å². The van der Waals surface area contributed by atoms with Crippen molar-refractivity contribution in [3.63, 3.8) is 0 Å². The molecule has 3 aromatic heterocycles. The first-order valence-corrected chi connectivity index (χ1v) is 8.17. The third-order valence-corrected chi connectivity index (χ3v) is 4.07. The number of carbonyl (C=O) groups is 2. The summed E-state index contributed by atoms with van der Waals surface area (Å²) in [6.07, 6.45) is 3.31. The second kappa shape index (κ2) is 7.60. The molecule has 7 nitrogen and oxygen atoms in total. The molecule has 0 fully saturated rings. The van der Waals surface area contributed by atoms with Crippen LogP contribution < -0.4 is 5.32 Å². The minimum absolute atomic E-state index is 0.0969. The predicted molar refractivity (Wildman–Crippen MR) is 87.3 cm³/mol. The molecule has 1 N–H and O–H groups in total. The monoisotopic (exact) mass is 342 g/mol. The maximum atomic E-state index is 11.9. The molecule has 0 aliphatic rings. The van der Waals surface area contributed by atoms with Crippen LogP contribution >= 0.6 is 11.3 Å². The van der Waals surface area contributed by atoms with Crippen molar-refractivity contribution in [2.24, 2.45) is 0 Å². The zero-order valence-electron chi connectivity index (χ0n) is 12.6. The minimum Gasteiger partial charge on any atom is -0.347 e. The largest absolute Gasteiger partial charge is 0.347 e. The Morgan fingerprint density at radius 3 is 2.88 bits per heavy atom. The van der Waals surface area contributed by atoms with Crippen molar-refractivity contribution in [2.45, 2.75) is 19.4 Å². The van der Waals surface area contributed by atoms with Gasteiger partial charge >= 0.3 is 0 Å². The Hall–Kier alpha value is -2.87. The quantitative estimate of drug-likeness (QED) is 0.662. The van der Waals surface area contributed by atoms with Crippen molar-refractivity contribution in [2.75, 3.05) is 0 Å². The number of ketones is 1. The zero-order valence-corrected chi connectivity index (χ0v) is 13.5. The number of amides is 1. The van der Waals surface area contributed by atoms with Crippen LogP contribution in [-0.2, 0) is 11.3 Å². The lowest BCUT2D eigenvalue weighted by Crippen LogP contribution is -2.23. The van der Waals surface area contributed by atoms with Gasteiger partial charge < -0.3 is 9.84 Å². The Morgan fingerprint density at radius 1 is 1.21 bits per heavy atom.